The van der Waals surface area contributed by atoms with Crippen LogP contribution in [0.1, 0.15) is 11.1 Å². The van der Waals surface area contributed by atoms with E-state index in [0.29, 0.717) is 27.7 Å². The van der Waals surface area contributed by atoms with Gasteiger partial charge in [-0.2, -0.15) is 13.5 Å². The highest BCUT2D eigenvalue weighted by Crippen LogP contribution is 2.32. The molecule has 0 aliphatic carbocycles. The topological polar surface area (TPSA) is 132 Å². The van der Waals surface area contributed by atoms with E-state index >= 15 is 0 Å². The first-order valence-electron chi connectivity index (χ1n) is 10.2. The lowest BCUT2D eigenvalue weighted by molar-refractivity contribution is -0.216. The molecule has 1 aliphatic heterocycles. The Bertz CT molecular complexity index is 1120. The lowest BCUT2D eigenvalue weighted by atomic mass is 9.94. The van der Waals surface area contributed by atoms with Gasteiger partial charge in [-0.3, -0.25) is 13.8 Å². The van der Waals surface area contributed by atoms with Gasteiger partial charge >= 0.3 is 6.09 Å². The van der Waals surface area contributed by atoms with E-state index in [1.165, 1.54) is 19.1 Å². The van der Waals surface area contributed by atoms with Crippen molar-refractivity contribution in [3.8, 4) is 11.5 Å². The molecule has 34 heavy (non-hydrogen) atoms. The van der Waals surface area contributed by atoms with Crippen LogP contribution in [0.5, 0.6) is 11.5 Å². The van der Waals surface area contributed by atoms with Gasteiger partial charge in [0.25, 0.3) is 16.0 Å². The Balaban J connectivity index is 1.83. The molecule has 0 aromatic heterocycles. The van der Waals surface area contributed by atoms with E-state index in [4.69, 9.17) is 18.5 Å². The van der Waals surface area contributed by atoms with E-state index < -0.39 is 40.8 Å². The number of hydrogen-bond acceptors (Lipinski definition) is 8. The molecule has 2 unspecified atom stereocenters. The third-order valence-electron chi connectivity index (χ3n) is 5.24. The van der Waals surface area contributed by atoms with Crippen molar-refractivity contribution in [3.63, 3.8) is 0 Å². The van der Waals surface area contributed by atoms with Gasteiger partial charge in [-0.15, -0.1) is 0 Å². The molecule has 1 aliphatic rings. The molecule has 12 heteroatoms. The molecule has 11 nitrogen and oxygen atoms in total. The molecule has 0 radical (unpaired) electrons. The molecule has 1 N–H and O–H groups in total. The molecule has 0 saturated carbocycles. The number of hydrogen-bond donors (Lipinski definition) is 1. The molecule has 0 bridgehead atoms. The first kappa shape index (κ1) is 25.3. The first-order valence-corrected chi connectivity index (χ1v) is 12.0. The number of carbonyl (C=O) groups excluding carboxylic acids is 1. The van der Waals surface area contributed by atoms with E-state index in [0.717, 1.165) is 6.26 Å². The Labute approximate surface area is 197 Å². The molecular weight excluding hydrogens is 468 g/mol. The van der Waals surface area contributed by atoms with Crippen LogP contribution in [-0.4, -0.2) is 74.7 Å². The number of carbonyl (C=O) groups is 2. The summed E-state index contributed by atoms with van der Waals surface area (Å²) < 4.78 is 38.7. The number of β-lactam (4-membered cyclic amide) rings is 1. The van der Waals surface area contributed by atoms with Gasteiger partial charge in [0.2, 0.25) is 0 Å². The fraction of sp³-hybridized carbons (Fsp3) is 0.364. The highest BCUT2D eigenvalue weighted by molar-refractivity contribution is 7.85. The zero-order chi connectivity index (χ0) is 24.9. The number of hydroxylamine groups is 2. The molecule has 2 aromatic carbocycles. The predicted molar refractivity (Wildman–Crippen MR) is 120 cm³/mol. The summed E-state index contributed by atoms with van der Waals surface area (Å²) in [6, 6.07) is 11.7. The molecule has 2 atom stereocenters. The number of nitrogens with zero attached hydrogens (tertiary/aromatic N) is 2. The van der Waals surface area contributed by atoms with Crippen molar-refractivity contribution in [1.29, 1.82) is 0 Å². The molecule has 2 aromatic rings. The SMILES string of the molecule is COc1ccc(CN2C(=O)C(N(OCc3ccccc3)C(=O)O)C2COS(C)(=O)=O)c(OC)c1. The Kier molecular flexibility index (Phi) is 7.97. The summed E-state index contributed by atoms with van der Waals surface area (Å²) in [4.78, 5) is 31.7. The number of amides is 2. The summed E-state index contributed by atoms with van der Waals surface area (Å²) in [6.45, 7) is -0.499. The highest BCUT2D eigenvalue weighted by atomic mass is 32.2. The van der Waals surface area contributed by atoms with Gasteiger partial charge in [0, 0.05) is 18.2 Å². The van der Waals surface area contributed by atoms with Crippen LogP contribution >= 0.6 is 0 Å². The monoisotopic (exact) mass is 494 g/mol. The quantitative estimate of drug-likeness (QED) is 0.282. The number of likely N-dealkylation sites (tertiary alicyclic amines) is 1. The van der Waals surface area contributed by atoms with Crippen LogP contribution in [0.3, 0.4) is 0 Å². The second-order valence-electron chi connectivity index (χ2n) is 7.51. The first-order chi connectivity index (χ1) is 16.1. The van der Waals surface area contributed by atoms with Crippen LogP contribution in [0.2, 0.25) is 0 Å². The maximum Gasteiger partial charge on any atom is 0.432 e. The minimum Gasteiger partial charge on any atom is -0.497 e. The van der Waals surface area contributed by atoms with Crippen LogP contribution in [0, 0.1) is 0 Å². The molecule has 1 fully saturated rings. The number of rotatable bonds is 11. The minimum atomic E-state index is -3.84. The predicted octanol–water partition coefficient (Wildman–Crippen LogP) is 1.87. The van der Waals surface area contributed by atoms with Crippen molar-refractivity contribution >= 4 is 22.1 Å². The van der Waals surface area contributed by atoms with Crippen molar-refractivity contribution in [1.82, 2.24) is 9.96 Å². The molecule has 1 heterocycles. The van der Waals surface area contributed by atoms with Crippen molar-refractivity contribution in [3.05, 3.63) is 59.7 Å². The number of ether oxygens (including phenoxy) is 2. The molecule has 1 saturated heterocycles. The smallest absolute Gasteiger partial charge is 0.432 e. The summed E-state index contributed by atoms with van der Waals surface area (Å²) >= 11 is 0. The zero-order valence-electron chi connectivity index (χ0n) is 18.9. The van der Waals surface area contributed by atoms with Crippen molar-refractivity contribution in [2.75, 3.05) is 27.1 Å². The fourth-order valence-corrected chi connectivity index (χ4v) is 3.94. The highest BCUT2D eigenvalue weighted by Gasteiger charge is 2.53. The standard InChI is InChI=1S/C22H26N2O9S/c1-30-17-10-9-16(19(11-17)31-2)12-23-18(14-33-34(3,28)29)20(21(23)25)24(22(26)27)32-13-15-7-5-4-6-8-15/h4-11,18,20H,12-14H2,1-3H3,(H,26,27). The maximum atomic E-state index is 13.1. The summed E-state index contributed by atoms with van der Waals surface area (Å²) in [7, 11) is -0.870. The average Bonchev–Trinajstić information content (AvgIpc) is 2.81. The van der Waals surface area contributed by atoms with Crippen LogP contribution in [0.25, 0.3) is 0 Å². The van der Waals surface area contributed by atoms with E-state index in [-0.39, 0.29) is 13.2 Å². The van der Waals surface area contributed by atoms with E-state index in [1.54, 1.807) is 48.5 Å². The Morgan fingerprint density at radius 1 is 1.12 bits per heavy atom. The van der Waals surface area contributed by atoms with Crippen LogP contribution in [0.15, 0.2) is 48.5 Å². The third-order valence-corrected chi connectivity index (χ3v) is 5.81. The Morgan fingerprint density at radius 3 is 2.41 bits per heavy atom. The van der Waals surface area contributed by atoms with Gasteiger partial charge in [-0.25, -0.2) is 4.79 Å². The largest absolute Gasteiger partial charge is 0.497 e. The molecule has 184 valence electrons. The van der Waals surface area contributed by atoms with Crippen molar-refractivity contribution in [2.45, 2.75) is 25.2 Å². The van der Waals surface area contributed by atoms with Gasteiger partial charge in [0.15, 0.2) is 6.04 Å². The molecular formula is C22H26N2O9S. The minimum absolute atomic E-state index is 0.0342. The van der Waals surface area contributed by atoms with E-state index in [1.807, 2.05) is 0 Å². The molecule has 0 spiro atoms. The van der Waals surface area contributed by atoms with Gasteiger partial charge in [0.05, 0.1) is 33.1 Å². The Morgan fingerprint density at radius 2 is 1.82 bits per heavy atom. The normalized spacial score (nSPS) is 17.7. The zero-order valence-corrected chi connectivity index (χ0v) is 19.7. The second-order valence-corrected chi connectivity index (χ2v) is 9.16. The summed E-state index contributed by atoms with van der Waals surface area (Å²) in [5, 5.41) is 10.3. The number of methoxy groups -OCH3 is 2. The van der Waals surface area contributed by atoms with Gasteiger partial charge in [0.1, 0.15) is 18.1 Å². The average molecular weight is 495 g/mol. The van der Waals surface area contributed by atoms with Crippen molar-refractivity contribution < 1.29 is 41.6 Å². The summed E-state index contributed by atoms with van der Waals surface area (Å²) in [5.41, 5.74) is 1.32. The fourth-order valence-electron chi connectivity index (χ4n) is 3.55. The lowest BCUT2D eigenvalue weighted by Gasteiger charge is -2.49. The summed E-state index contributed by atoms with van der Waals surface area (Å²) in [6.07, 6.45) is -0.611. The van der Waals surface area contributed by atoms with Crippen LogP contribution in [-0.2, 0) is 37.1 Å². The second kappa shape index (κ2) is 10.7. The van der Waals surface area contributed by atoms with Gasteiger partial charge in [-0.1, -0.05) is 30.3 Å². The maximum absolute atomic E-state index is 13.1. The van der Waals surface area contributed by atoms with Gasteiger partial charge in [-0.05, 0) is 17.7 Å². The number of benzene rings is 2. The number of carboxylic acid groups (broad SMARTS) is 1. The van der Waals surface area contributed by atoms with E-state index in [2.05, 4.69) is 0 Å². The molecule has 2 amide bonds. The Hall–Kier alpha value is -3.35. The summed E-state index contributed by atoms with van der Waals surface area (Å²) in [5.74, 6) is 0.445. The van der Waals surface area contributed by atoms with Crippen LogP contribution < -0.4 is 9.47 Å². The van der Waals surface area contributed by atoms with E-state index in [9.17, 15) is 23.1 Å². The molecule has 3 rings (SSSR count). The van der Waals surface area contributed by atoms with Gasteiger partial charge < -0.3 is 19.5 Å². The van der Waals surface area contributed by atoms with Crippen molar-refractivity contribution in [2.24, 2.45) is 0 Å². The lowest BCUT2D eigenvalue weighted by Crippen LogP contribution is -2.72. The third kappa shape index (κ3) is 5.95. The van der Waals surface area contributed by atoms with Crippen LogP contribution in [0.4, 0.5) is 4.79 Å².